The van der Waals surface area contributed by atoms with E-state index in [1.807, 2.05) is 24.3 Å². The Hall–Kier alpha value is -2.83. The molecule has 0 aliphatic heterocycles. The van der Waals surface area contributed by atoms with Crippen LogP contribution in [0.4, 0.5) is 0 Å². The third-order valence-electron chi connectivity index (χ3n) is 5.60. The Morgan fingerprint density at radius 3 is 2.35 bits per heavy atom. The summed E-state index contributed by atoms with van der Waals surface area (Å²) in [5, 5.41) is 3.02. The van der Waals surface area contributed by atoms with Crippen LogP contribution in [0.2, 0.25) is 0 Å². The molecule has 0 radical (unpaired) electrons. The maximum Gasteiger partial charge on any atom is 0.330 e. The Morgan fingerprint density at radius 2 is 1.77 bits per heavy atom. The van der Waals surface area contributed by atoms with Crippen molar-refractivity contribution in [2.24, 2.45) is 0 Å². The van der Waals surface area contributed by atoms with Crippen molar-refractivity contribution in [2.45, 2.75) is 64.5 Å². The van der Waals surface area contributed by atoms with Gasteiger partial charge in [-0.25, -0.2) is 4.79 Å². The van der Waals surface area contributed by atoms with E-state index in [0.29, 0.717) is 19.4 Å². The summed E-state index contributed by atoms with van der Waals surface area (Å²) in [4.78, 5) is 39.9. The highest BCUT2D eigenvalue weighted by molar-refractivity contribution is 5.98. The molecule has 1 saturated carbocycles. The van der Waals surface area contributed by atoms with E-state index >= 15 is 0 Å². The number of carbonyl (C=O) groups excluding carboxylic acids is 3. The van der Waals surface area contributed by atoms with Crippen LogP contribution in [0.1, 0.15) is 57.9 Å². The molecule has 1 aromatic rings. The van der Waals surface area contributed by atoms with E-state index in [0.717, 1.165) is 43.1 Å². The van der Waals surface area contributed by atoms with Gasteiger partial charge in [0.2, 0.25) is 11.8 Å². The van der Waals surface area contributed by atoms with Crippen LogP contribution >= 0.6 is 0 Å². The van der Waals surface area contributed by atoms with Crippen LogP contribution in [0.15, 0.2) is 36.4 Å². The van der Waals surface area contributed by atoms with Crippen LogP contribution < -0.4 is 10.1 Å². The topological polar surface area (TPSA) is 84.9 Å². The molecule has 0 aromatic heterocycles. The van der Waals surface area contributed by atoms with Crippen LogP contribution in [-0.2, 0) is 25.7 Å². The van der Waals surface area contributed by atoms with Gasteiger partial charge in [-0.1, -0.05) is 38.3 Å². The molecule has 1 aliphatic rings. The Bertz CT molecular complexity index is 767. The lowest BCUT2D eigenvalue weighted by Gasteiger charge is -2.39. The van der Waals surface area contributed by atoms with Gasteiger partial charge in [-0.15, -0.1) is 0 Å². The van der Waals surface area contributed by atoms with Crippen molar-refractivity contribution in [3.05, 3.63) is 42.0 Å². The van der Waals surface area contributed by atoms with E-state index in [1.54, 1.807) is 18.9 Å². The van der Waals surface area contributed by atoms with Gasteiger partial charge in [0, 0.05) is 25.2 Å². The van der Waals surface area contributed by atoms with Crippen molar-refractivity contribution >= 4 is 17.8 Å². The molecule has 7 nitrogen and oxygen atoms in total. The second-order valence-corrected chi connectivity index (χ2v) is 7.71. The highest BCUT2D eigenvalue weighted by atomic mass is 16.5. The summed E-state index contributed by atoms with van der Waals surface area (Å²) in [6.07, 6.45) is 7.14. The summed E-state index contributed by atoms with van der Waals surface area (Å²) >= 11 is 0. The number of nitrogens with zero attached hydrogens (tertiary/aromatic N) is 1. The zero-order chi connectivity index (χ0) is 22.7. The van der Waals surface area contributed by atoms with E-state index in [-0.39, 0.29) is 25.0 Å². The molecule has 2 rings (SSSR count). The Kier molecular flexibility index (Phi) is 9.56. The number of esters is 1. The van der Waals surface area contributed by atoms with Crippen LogP contribution in [0.25, 0.3) is 0 Å². The van der Waals surface area contributed by atoms with Gasteiger partial charge in [0.05, 0.1) is 13.7 Å². The number of hydrogen-bond donors (Lipinski definition) is 1. The standard InChI is InChI=1S/C24H34N2O5/c1-4-6-17-25-23(29)24(15-7-8-16-24)26(21(27)13-14-22(28)31-5-2)18-19-9-11-20(30-3)12-10-19/h9-14H,4-8,15-18H2,1-3H3,(H,25,29)/b14-13+. The van der Waals surface area contributed by atoms with Gasteiger partial charge in [0.15, 0.2) is 0 Å². The van der Waals surface area contributed by atoms with Crippen molar-refractivity contribution in [1.29, 1.82) is 0 Å². The van der Waals surface area contributed by atoms with E-state index < -0.39 is 11.5 Å². The van der Waals surface area contributed by atoms with Gasteiger partial charge >= 0.3 is 5.97 Å². The number of amides is 2. The molecule has 0 bridgehead atoms. The van der Waals surface area contributed by atoms with Crippen molar-refractivity contribution in [1.82, 2.24) is 10.2 Å². The zero-order valence-electron chi connectivity index (χ0n) is 18.8. The molecular formula is C24H34N2O5. The first-order chi connectivity index (χ1) is 15.0. The summed E-state index contributed by atoms with van der Waals surface area (Å²) in [7, 11) is 1.60. The normalized spacial score (nSPS) is 14.9. The Morgan fingerprint density at radius 1 is 1.10 bits per heavy atom. The molecule has 1 fully saturated rings. The predicted molar refractivity (Wildman–Crippen MR) is 118 cm³/mol. The molecule has 170 valence electrons. The summed E-state index contributed by atoms with van der Waals surface area (Å²) in [5.41, 5.74) is -0.0460. The average Bonchev–Trinajstić information content (AvgIpc) is 3.27. The minimum atomic E-state index is -0.927. The minimum Gasteiger partial charge on any atom is -0.497 e. The van der Waals surface area contributed by atoms with E-state index in [9.17, 15) is 14.4 Å². The second-order valence-electron chi connectivity index (χ2n) is 7.71. The largest absolute Gasteiger partial charge is 0.497 e. The lowest BCUT2D eigenvalue weighted by atomic mass is 9.92. The number of rotatable bonds is 11. The third kappa shape index (κ3) is 6.57. The first-order valence-electron chi connectivity index (χ1n) is 11.0. The fourth-order valence-electron chi connectivity index (χ4n) is 3.90. The van der Waals surface area contributed by atoms with Crippen LogP contribution in [-0.4, -0.2) is 48.5 Å². The number of unbranched alkanes of at least 4 members (excludes halogenated alkanes) is 1. The molecule has 0 unspecified atom stereocenters. The van der Waals surface area contributed by atoms with Crippen LogP contribution in [0, 0.1) is 0 Å². The van der Waals surface area contributed by atoms with E-state index in [2.05, 4.69) is 12.2 Å². The van der Waals surface area contributed by atoms with Gasteiger partial charge in [-0.3, -0.25) is 9.59 Å². The number of methoxy groups -OCH3 is 1. The predicted octanol–water partition coefficient (Wildman–Crippen LogP) is 3.37. The Balaban J connectivity index is 2.33. The molecule has 31 heavy (non-hydrogen) atoms. The average molecular weight is 431 g/mol. The number of ether oxygens (including phenoxy) is 2. The highest BCUT2D eigenvalue weighted by Gasteiger charge is 2.47. The SMILES string of the molecule is CCCCNC(=O)C1(N(Cc2ccc(OC)cc2)C(=O)/C=C/C(=O)OCC)CCCC1. The maximum absolute atomic E-state index is 13.3. The molecule has 1 aliphatic carbocycles. The molecule has 0 atom stereocenters. The molecule has 1 aromatic carbocycles. The number of benzene rings is 1. The van der Waals surface area contributed by atoms with Crippen molar-refractivity contribution in [3.8, 4) is 5.75 Å². The molecule has 0 saturated heterocycles. The fourth-order valence-corrected chi connectivity index (χ4v) is 3.90. The van der Waals surface area contributed by atoms with Crippen molar-refractivity contribution < 1.29 is 23.9 Å². The smallest absolute Gasteiger partial charge is 0.330 e. The quantitative estimate of drug-likeness (QED) is 0.331. The highest BCUT2D eigenvalue weighted by Crippen LogP contribution is 2.37. The van der Waals surface area contributed by atoms with E-state index in [4.69, 9.17) is 9.47 Å². The molecule has 0 heterocycles. The summed E-state index contributed by atoms with van der Waals surface area (Å²) in [6.45, 7) is 4.85. The third-order valence-corrected chi connectivity index (χ3v) is 5.60. The lowest BCUT2D eigenvalue weighted by Crippen LogP contribution is -2.58. The molecular weight excluding hydrogens is 396 g/mol. The summed E-state index contributed by atoms with van der Waals surface area (Å²) in [6, 6.07) is 7.42. The Labute approximate surface area is 184 Å². The van der Waals surface area contributed by atoms with Gasteiger partial charge < -0.3 is 19.7 Å². The maximum atomic E-state index is 13.3. The van der Waals surface area contributed by atoms with Gasteiger partial charge in [-0.2, -0.15) is 0 Å². The van der Waals surface area contributed by atoms with Gasteiger partial charge in [0.1, 0.15) is 11.3 Å². The van der Waals surface area contributed by atoms with Gasteiger partial charge in [0.25, 0.3) is 0 Å². The molecule has 1 N–H and O–H groups in total. The van der Waals surface area contributed by atoms with E-state index in [1.165, 1.54) is 6.08 Å². The van der Waals surface area contributed by atoms with Crippen LogP contribution in [0.5, 0.6) is 5.75 Å². The van der Waals surface area contributed by atoms with Crippen molar-refractivity contribution in [3.63, 3.8) is 0 Å². The van der Waals surface area contributed by atoms with Crippen molar-refractivity contribution in [2.75, 3.05) is 20.3 Å². The first-order valence-corrected chi connectivity index (χ1v) is 11.0. The molecule has 7 heteroatoms. The number of hydrogen-bond acceptors (Lipinski definition) is 5. The fraction of sp³-hybridized carbons (Fsp3) is 0.542. The minimum absolute atomic E-state index is 0.121. The molecule has 2 amide bonds. The summed E-state index contributed by atoms with van der Waals surface area (Å²) < 4.78 is 10.1. The number of nitrogens with one attached hydrogen (secondary N) is 1. The monoisotopic (exact) mass is 430 g/mol. The first kappa shape index (κ1) is 24.4. The second kappa shape index (κ2) is 12.1. The zero-order valence-corrected chi connectivity index (χ0v) is 18.8. The van der Waals surface area contributed by atoms with Gasteiger partial charge in [-0.05, 0) is 43.9 Å². The lowest BCUT2D eigenvalue weighted by molar-refractivity contribution is -0.145. The molecule has 0 spiro atoms. The number of carbonyl (C=O) groups is 3. The summed E-state index contributed by atoms with van der Waals surface area (Å²) in [5.74, 6) is -0.355. The van der Waals surface area contributed by atoms with Crippen LogP contribution in [0.3, 0.4) is 0 Å².